The highest BCUT2D eigenvalue weighted by Crippen LogP contribution is 2.30. The van der Waals surface area contributed by atoms with E-state index in [4.69, 9.17) is 15.1 Å². The molecule has 0 amide bonds. The van der Waals surface area contributed by atoms with Gasteiger partial charge in [0.25, 0.3) is 0 Å². The first-order chi connectivity index (χ1) is 11.5. The Kier molecular flexibility index (Phi) is 5.94. The monoisotopic (exact) mass is 324 g/mol. The van der Waals surface area contributed by atoms with Gasteiger partial charge in [0.1, 0.15) is 17.4 Å². The Morgan fingerprint density at radius 1 is 1.29 bits per heavy atom. The molecular formula is C19H20N2O3. The van der Waals surface area contributed by atoms with Crippen LogP contribution < -0.4 is 4.74 Å². The lowest BCUT2D eigenvalue weighted by Gasteiger charge is -2.14. The van der Waals surface area contributed by atoms with Crippen LogP contribution in [0.15, 0.2) is 42.0 Å². The Bertz CT molecular complexity index is 804. The zero-order chi connectivity index (χ0) is 17.5. The fourth-order valence-corrected chi connectivity index (χ4v) is 2.40. The topological polar surface area (TPSA) is 73.6 Å². The van der Waals surface area contributed by atoms with E-state index in [1.54, 1.807) is 6.07 Å². The number of nitriles is 1. The summed E-state index contributed by atoms with van der Waals surface area (Å²) in [5.41, 5.74) is 0.307. The molecule has 1 N–H and O–H groups in total. The molecule has 0 aromatic heterocycles. The highest BCUT2D eigenvalue weighted by molar-refractivity contribution is 6.01. The molecule has 0 saturated heterocycles. The first-order valence-electron chi connectivity index (χ1n) is 7.67. The Hall–Kier alpha value is -2.84. The van der Waals surface area contributed by atoms with Gasteiger partial charge in [0.15, 0.2) is 0 Å². The Labute approximate surface area is 141 Å². The highest BCUT2D eigenvalue weighted by atomic mass is 16.5. The molecule has 2 aromatic carbocycles. The predicted molar refractivity (Wildman–Crippen MR) is 93.8 cm³/mol. The largest absolute Gasteiger partial charge is 0.493 e. The van der Waals surface area contributed by atoms with E-state index in [0.29, 0.717) is 17.9 Å². The SMILES string of the molecule is CN(C)CCCOc1ccc2ccccc2c1C=C(C#N)C(=O)O. The van der Waals surface area contributed by atoms with Gasteiger partial charge in [-0.05, 0) is 43.4 Å². The lowest BCUT2D eigenvalue weighted by atomic mass is 10.0. The quantitative estimate of drug-likeness (QED) is 0.481. The van der Waals surface area contributed by atoms with Gasteiger partial charge >= 0.3 is 5.97 Å². The number of benzene rings is 2. The number of carbonyl (C=O) groups is 1. The van der Waals surface area contributed by atoms with Gasteiger partial charge in [0.2, 0.25) is 0 Å². The number of hydrogen-bond acceptors (Lipinski definition) is 4. The molecule has 5 nitrogen and oxygen atoms in total. The molecule has 0 atom stereocenters. The maximum absolute atomic E-state index is 11.2. The van der Waals surface area contributed by atoms with Crippen molar-refractivity contribution in [3.8, 4) is 11.8 Å². The van der Waals surface area contributed by atoms with Crippen LogP contribution in [0.1, 0.15) is 12.0 Å². The Balaban J connectivity index is 2.41. The van der Waals surface area contributed by atoms with Gasteiger partial charge in [-0.25, -0.2) is 4.79 Å². The summed E-state index contributed by atoms with van der Waals surface area (Å²) in [6.45, 7) is 1.42. The summed E-state index contributed by atoms with van der Waals surface area (Å²) >= 11 is 0. The van der Waals surface area contributed by atoms with Gasteiger partial charge in [0, 0.05) is 12.1 Å². The van der Waals surface area contributed by atoms with E-state index in [2.05, 4.69) is 4.90 Å². The van der Waals surface area contributed by atoms with Gasteiger partial charge < -0.3 is 14.7 Å². The predicted octanol–water partition coefficient (Wildman–Crippen LogP) is 3.16. The molecule has 124 valence electrons. The van der Waals surface area contributed by atoms with Crippen LogP contribution in [0.2, 0.25) is 0 Å². The van der Waals surface area contributed by atoms with E-state index >= 15 is 0 Å². The third-order valence-electron chi connectivity index (χ3n) is 3.58. The normalized spacial score (nSPS) is 11.5. The molecule has 2 aromatic rings. The summed E-state index contributed by atoms with van der Waals surface area (Å²) in [7, 11) is 3.99. The molecule has 0 aliphatic carbocycles. The standard InChI is InChI=1S/C19H20N2O3/c1-21(2)10-5-11-24-18-9-8-14-6-3-4-7-16(14)17(18)12-15(13-20)19(22)23/h3-4,6-9,12H,5,10-11H2,1-2H3,(H,22,23). The zero-order valence-electron chi connectivity index (χ0n) is 13.8. The fraction of sp³-hybridized carbons (Fsp3) is 0.263. The molecule has 24 heavy (non-hydrogen) atoms. The van der Waals surface area contributed by atoms with Crippen molar-refractivity contribution in [2.45, 2.75) is 6.42 Å². The first-order valence-corrected chi connectivity index (χ1v) is 7.67. The van der Waals surface area contributed by atoms with E-state index in [9.17, 15) is 4.79 Å². The van der Waals surface area contributed by atoms with Crippen LogP contribution in [0.3, 0.4) is 0 Å². The number of carboxylic acid groups (broad SMARTS) is 1. The van der Waals surface area contributed by atoms with Crippen molar-refractivity contribution in [2.24, 2.45) is 0 Å². The van der Waals surface area contributed by atoms with E-state index in [0.717, 1.165) is 23.7 Å². The summed E-state index contributed by atoms with van der Waals surface area (Å²) in [5, 5.41) is 20.0. The van der Waals surface area contributed by atoms with Crippen LogP contribution in [0.4, 0.5) is 0 Å². The first kappa shape index (κ1) is 17.5. The van der Waals surface area contributed by atoms with Crippen molar-refractivity contribution < 1.29 is 14.6 Å². The minimum absolute atomic E-state index is 0.315. The molecule has 2 rings (SSSR count). The third kappa shape index (κ3) is 4.34. The second-order valence-corrected chi connectivity index (χ2v) is 5.68. The van der Waals surface area contributed by atoms with Crippen LogP contribution in [0.5, 0.6) is 5.75 Å². The van der Waals surface area contributed by atoms with Crippen molar-refractivity contribution in [1.29, 1.82) is 5.26 Å². The molecule has 0 spiro atoms. The van der Waals surface area contributed by atoms with Gasteiger partial charge in [0.05, 0.1) is 6.61 Å². The number of hydrogen-bond donors (Lipinski definition) is 1. The number of carboxylic acids is 1. The molecule has 0 aliphatic rings. The van der Waals surface area contributed by atoms with Crippen LogP contribution >= 0.6 is 0 Å². The van der Waals surface area contributed by atoms with Crippen molar-refractivity contribution >= 4 is 22.8 Å². The lowest BCUT2D eigenvalue weighted by Crippen LogP contribution is -2.15. The molecule has 0 saturated carbocycles. The van der Waals surface area contributed by atoms with E-state index in [1.165, 1.54) is 6.08 Å². The minimum Gasteiger partial charge on any atom is -0.493 e. The van der Waals surface area contributed by atoms with Crippen LogP contribution in [-0.4, -0.2) is 43.2 Å². The highest BCUT2D eigenvalue weighted by Gasteiger charge is 2.12. The Morgan fingerprint density at radius 2 is 2.04 bits per heavy atom. The molecule has 0 unspecified atom stereocenters. The number of nitrogens with zero attached hydrogens (tertiary/aromatic N) is 2. The van der Waals surface area contributed by atoms with E-state index in [1.807, 2.05) is 50.5 Å². The van der Waals surface area contributed by atoms with Crippen LogP contribution in [0, 0.1) is 11.3 Å². The van der Waals surface area contributed by atoms with E-state index < -0.39 is 5.97 Å². The average Bonchev–Trinajstić information content (AvgIpc) is 2.56. The van der Waals surface area contributed by atoms with Gasteiger partial charge in [-0.1, -0.05) is 30.3 Å². The average molecular weight is 324 g/mol. The number of fused-ring (bicyclic) bond motifs is 1. The Morgan fingerprint density at radius 3 is 2.71 bits per heavy atom. The third-order valence-corrected chi connectivity index (χ3v) is 3.58. The van der Waals surface area contributed by atoms with Gasteiger partial charge in [-0.3, -0.25) is 0 Å². The summed E-state index contributed by atoms with van der Waals surface area (Å²) in [6, 6.07) is 13.1. The zero-order valence-corrected chi connectivity index (χ0v) is 13.8. The summed E-state index contributed by atoms with van der Waals surface area (Å²) in [6.07, 6.45) is 2.24. The molecule has 5 heteroatoms. The van der Waals surface area contributed by atoms with Crippen LogP contribution in [0.25, 0.3) is 16.8 Å². The maximum Gasteiger partial charge on any atom is 0.346 e. The van der Waals surface area contributed by atoms with Crippen molar-refractivity contribution in [3.05, 3.63) is 47.5 Å². The van der Waals surface area contributed by atoms with E-state index in [-0.39, 0.29) is 5.57 Å². The minimum atomic E-state index is -1.25. The number of rotatable bonds is 7. The summed E-state index contributed by atoms with van der Waals surface area (Å²) in [4.78, 5) is 13.3. The van der Waals surface area contributed by atoms with Gasteiger partial charge in [-0.2, -0.15) is 5.26 Å². The smallest absolute Gasteiger partial charge is 0.346 e. The molecular weight excluding hydrogens is 304 g/mol. The second kappa shape index (κ2) is 8.14. The van der Waals surface area contributed by atoms with Crippen molar-refractivity contribution in [2.75, 3.05) is 27.2 Å². The second-order valence-electron chi connectivity index (χ2n) is 5.68. The fourth-order valence-electron chi connectivity index (χ4n) is 2.40. The lowest BCUT2D eigenvalue weighted by molar-refractivity contribution is -0.132. The van der Waals surface area contributed by atoms with Crippen LogP contribution in [-0.2, 0) is 4.79 Å². The maximum atomic E-state index is 11.2. The molecule has 0 aliphatic heterocycles. The molecule has 0 radical (unpaired) electrons. The summed E-state index contributed by atoms with van der Waals surface area (Å²) in [5.74, 6) is -0.662. The number of ether oxygens (including phenoxy) is 1. The molecule has 0 heterocycles. The van der Waals surface area contributed by atoms with Crippen molar-refractivity contribution in [3.63, 3.8) is 0 Å². The van der Waals surface area contributed by atoms with Crippen molar-refractivity contribution in [1.82, 2.24) is 4.90 Å². The number of aliphatic carboxylic acids is 1. The summed E-state index contributed by atoms with van der Waals surface area (Å²) < 4.78 is 5.85. The molecule has 0 bridgehead atoms. The molecule has 0 fully saturated rings. The van der Waals surface area contributed by atoms with Gasteiger partial charge in [-0.15, -0.1) is 0 Å².